The molecule has 3 rings (SSSR count). The average Bonchev–Trinajstić information content (AvgIpc) is 2.66. The van der Waals surface area contributed by atoms with E-state index in [-0.39, 0.29) is 5.56 Å². The highest BCUT2D eigenvalue weighted by Gasteiger charge is 2.05. The van der Waals surface area contributed by atoms with Crippen molar-refractivity contribution >= 4 is 41.1 Å². The number of aromatic carboxylic acids is 1. The van der Waals surface area contributed by atoms with E-state index in [9.17, 15) is 4.79 Å². The van der Waals surface area contributed by atoms with Crippen LogP contribution in [0.3, 0.4) is 0 Å². The summed E-state index contributed by atoms with van der Waals surface area (Å²) in [6.07, 6.45) is 1.68. The number of nitrogens with zero attached hydrogens (tertiary/aromatic N) is 1. The van der Waals surface area contributed by atoms with Crippen LogP contribution in [0.5, 0.6) is 5.75 Å². The lowest BCUT2D eigenvalue weighted by atomic mass is 10.1. The van der Waals surface area contributed by atoms with E-state index in [1.807, 2.05) is 24.3 Å². The molecule has 6 heteroatoms. The van der Waals surface area contributed by atoms with Crippen molar-refractivity contribution < 1.29 is 14.6 Å². The molecule has 0 radical (unpaired) electrons. The maximum Gasteiger partial charge on any atom is 0.335 e. The third kappa shape index (κ3) is 5.09. The normalized spacial score (nSPS) is 10.9. The van der Waals surface area contributed by atoms with Crippen molar-refractivity contribution in [1.82, 2.24) is 0 Å². The topological polar surface area (TPSA) is 58.9 Å². The first-order valence-electron chi connectivity index (χ1n) is 8.06. The molecule has 4 nitrogen and oxygen atoms in total. The molecule has 0 heterocycles. The molecule has 0 unspecified atom stereocenters. The van der Waals surface area contributed by atoms with E-state index >= 15 is 0 Å². The van der Waals surface area contributed by atoms with Crippen LogP contribution < -0.4 is 4.74 Å². The van der Waals surface area contributed by atoms with Gasteiger partial charge in [-0.1, -0.05) is 47.5 Å². The van der Waals surface area contributed by atoms with Gasteiger partial charge in [-0.3, -0.25) is 4.99 Å². The van der Waals surface area contributed by atoms with E-state index in [1.54, 1.807) is 48.7 Å². The molecule has 1 N–H and O–H groups in total. The predicted molar refractivity (Wildman–Crippen MR) is 108 cm³/mol. The Kier molecular flexibility index (Phi) is 6.12. The van der Waals surface area contributed by atoms with Crippen molar-refractivity contribution in [2.45, 2.75) is 6.61 Å². The Labute approximate surface area is 166 Å². The van der Waals surface area contributed by atoms with Crippen molar-refractivity contribution in [2.24, 2.45) is 4.99 Å². The second-order valence-corrected chi connectivity index (χ2v) is 6.53. The van der Waals surface area contributed by atoms with Gasteiger partial charge in [-0.15, -0.1) is 0 Å². The first-order chi connectivity index (χ1) is 13.0. The molecule has 0 aliphatic carbocycles. The van der Waals surface area contributed by atoms with Crippen LogP contribution in [0.15, 0.2) is 71.7 Å². The lowest BCUT2D eigenvalue weighted by molar-refractivity contribution is 0.0697. The van der Waals surface area contributed by atoms with Crippen LogP contribution in [-0.4, -0.2) is 17.3 Å². The van der Waals surface area contributed by atoms with E-state index in [1.165, 1.54) is 0 Å². The maximum atomic E-state index is 10.9. The number of benzene rings is 3. The highest BCUT2D eigenvalue weighted by atomic mass is 35.5. The minimum atomic E-state index is -0.954. The van der Waals surface area contributed by atoms with Gasteiger partial charge in [-0.05, 0) is 48.0 Å². The molecular weight excluding hydrogens is 385 g/mol. The number of carboxylic acids is 1. The zero-order valence-electron chi connectivity index (χ0n) is 14.1. The zero-order valence-corrected chi connectivity index (χ0v) is 15.6. The molecule has 0 aliphatic rings. The molecule has 0 fully saturated rings. The Morgan fingerprint density at radius 1 is 1.04 bits per heavy atom. The van der Waals surface area contributed by atoms with Gasteiger partial charge in [0.25, 0.3) is 0 Å². The molecule has 27 heavy (non-hydrogen) atoms. The van der Waals surface area contributed by atoms with Gasteiger partial charge in [0.2, 0.25) is 0 Å². The standard InChI is InChI=1S/C21H15Cl2NO3/c22-17-9-10-19(18(23)11-17)24-12-16-3-1-2-4-20(16)27-13-14-5-7-15(8-6-14)21(25)26/h1-12H,13H2,(H,25,26). The van der Waals surface area contributed by atoms with Crippen molar-refractivity contribution in [2.75, 3.05) is 0 Å². The number of halogens is 2. The molecule has 3 aromatic rings. The van der Waals surface area contributed by atoms with Crippen LogP contribution >= 0.6 is 23.2 Å². The molecule has 0 saturated heterocycles. The number of para-hydroxylation sites is 1. The SMILES string of the molecule is O=C(O)c1ccc(COc2ccccc2C=Nc2ccc(Cl)cc2Cl)cc1. The summed E-state index contributed by atoms with van der Waals surface area (Å²) in [7, 11) is 0. The number of carbonyl (C=O) groups is 1. The van der Waals surface area contributed by atoms with Gasteiger partial charge < -0.3 is 9.84 Å². The van der Waals surface area contributed by atoms with Crippen LogP contribution in [-0.2, 0) is 6.61 Å². The lowest BCUT2D eigenvalue weighted by Crippen LogP contribution is -2.00. The number of ether oxygens (including phenoxy) is 1. The van der Waals surface area contributed by atoms with Crippen LogP contribution in [0.1, 0.15) is 21.5 Å². The molecule has 136 valence electrons. The van der Waals surface area contributed by atoms with Gasteiger partial charge in [-0.25, -0.2) is 4.79 Å². The van der Waals surface area contributed by atoms with Crippen molar-refractivity contribution in [3.63, 3.8) is 0 Å². The Morgan fingerprint density at radius 2 is 1.78 bits per heavy atom. The second kappa shape index (κ2) is 8.71. The van der Waals surface area contributed by atoms with Gasteiger partial charge in [-0.2, -0.15) is 0 Å². The smallest absolute Gasteiger partial charge is 0.335 e. The fourth-order valence-corrected chi connectivity index (χ4v) is 2.81. The van der Waals surface area contributed by atoms with Gasteiger partial charge in [0.1, 0.15) is 12.4 Å². The van der Waals surface area contributed by atoms with E-state index in [4.69, 9.17) is 33.0 Å². The second-order valence-electron chi connectivity index (χ2n) is 5.68. The Morgan fingerprint density at radius 3 is 2.48 bits per heavy atom. The number of hydrogen-bond acceptors (Lipinski definition) is 3. The summed E-state index contributed by atoms with van der Waals surface area (Å²) in [5.74, 6) is -0.293. The van der Waals surface area contributed by atoms with Crippen molar-refractivity contribution in [3.05, 3.63) is 93.5 Å². The summed E-state index contributed by atoms with van der Waals surface area (Å²) < 4.78 is 5.87. The molecule has 0 saturated carbocycles. The Hall–Kier alpha value is -2.82. The molecule has 0 bridgehead atoms. The van der Waals surface area contributed by atoms with Crippen molar-refractivity contribution in [1.29, 1.82) is 0 Å². The van der Waals surface area contributed by atoms with E-state index < -0.39 is 5.97 Å². The third-order valence-corrected chi connectivity index (χ3v) is 4.30. The van der Waals surface area contributed by atoms with E-state index in [0.29, 0.717) is 28.1 Å². The Bertz CT molecular complexity index is 985. The van der Waals surface area contributed by atoms with Crippen molar-refractivity contribution in [3.8, 4) is 5.75 Å². The minimum Gasteiger partial charge on any atom is -0.488 e. The molecular formula is C21H15Cl2NO3. The van der Waals surface area contributed by atoms with E-state index in [2.05, 4.69) is 4.99 Å². The Balaban J connectivity index is 1.73. The molecule has 0 spiro atoms. The number of rotatable bonds is 6. The third-order valence-electron chi connectivity index (χ3n) is 3.77. The fourth-order valence-electron chi connectivity index (χ4n) is 2.35. The number of carboxylic acid groups (broad SMARTS) is 1. The first-order valence-corrected chi connectivity index (χ1v) is 8.82. The molecule has 0 aliphatic heterocycles. The summed E-state index contributed by atoms with van der Waals surface area (Å²) in [6.45, 7) is 0.312. The summed E-state index contributed by atoms with van der Waals surface area (Å²) >= 11 is 12.0. The van der Waals surface area contributed by atoms with Gasteiger partial charge in [0.15, 0.2) is 0 Å². The van der Waals surface area contributed by atoms with E-state index in [0.717, 1.165) is 11.1 Å². The molecule has 0 aromatic heterocycles. The van der Waals surface area contributed by atoms with Gasteiger partial charge in [0.05, 0.1) is 16.3 Å². The minimum absolute atomic E-state index is 0.242. The molecule has 0 amide bonds. The molecule has 3 aromatic carbocycles. The first kappa shape index (κ1) is 19.0. The van der Waals surface area contributed by atoms with Gasteiger partial charge >= 0.3 is 5.97 Å². The molecule has 0 atom stereocenters. The predicted octanol–water partition coefficient (Wildman–Crippen LogP) is 6.02. The van der Waals surface area contributed by atoms with Crippen LogP contribution in [0.2, 0.25) is 10.0 Å². The zero-order chi connectivity index (χ0) is 19.2. The monoisotopic (exact) mass is 399 g/mol. The summed E-state index contributed by atoms with van der Waals surface area (Å²) in [5.41, 5.74) is 2.52. The summed E-state index contributed by atoms with van der Waals surface area (Å²) in [5, 5.41) is 9.97. The summed E-state index contributed by atoms with van der Waals surface area (Å²) in [6, 6.07) is 19.2. The largest absolute Gasteiger partial charge is 0.488 e. The van der Waals surface area contributed by atoms with Crippen LogP contribution in [0.25, 0.3) is 0 Å². The highest BCUT2D eigenvalue weighted by molar-refractivity contribution is 6.36. The fraction of sp³-hybridized carbons (Fsp3) is 0.0476. The van der Waals surface area contributed by atoms with Crippen LogP contribution in [0, 0.1) is 0 Å². The summed E-state index contributed by atoms with van der Waals surface area (Å²) in [4.78, 5) is 15.3. The number of hydrogen-bond donors (Lipinski definition) is 1. The average molecular weight is 400 g/mol. The van der Waals surface area contributed by atoms with Crippen LogP contribution in [0.4, 0.5) is 5.69 Å². The number of aliphatic imine (C=N–C) groups is 1. The van der Waals surface area contributed by atoms with Gasteiger partial charge in [0, 0.05) is 16.8 Å². The lowest BCUT2D eigenvalue weighted by Gasteiger charge is -2.09. The maximum absolute atomic E-state index is 10.9. The quantitative estimate of drug-likeness (QED) is 0.515. The highest BCUT2D eigenvalue weighted by Crippen LogP contribution is 2.28.